The van der Waals surface area contributed by atoms with E-state index in [1.54, 1.807) is 0 Å². The van der Waals surface area contributed by atoms with Gasteiger partial charge in [0, 0.05) is 18.6 Å². The van der Waals surface area contributed by atoms with Crippen LogP contribution >= 0.6 is 0 Å². The van der Waals surface area contributed by atoms with Crippen molar-refractivity contribution in [1.82, 2.24) is 9.38 Å². The molecule has 0 bridgehead atoms. The van der Waals surface area contributed by atoms with Crippen LogP contribution in [0, 0.1) is 5.41 Å². The van der Waals surface area contributed by atoms with E-state index in [0.717, 1.165) is 12.1 Å². The third-order valence-electron chi connectivity index (χ3n) is 2.16. The fourth-order valence-electron chi connectivity index (χ4n) is 1.71. The van der Waals surface area contributed by atoms with E-state index in [2.05, 4.69) is 42.4 Å². The Hall–Kier alpha value is -1.31. The lowest BCUT2D eigenvalue weighted by molar-refractivity contribution is 0.411. The Morgan fingerprint density at radius 2 is 2.14 bits per heavy atom. The van der Waals surface area contributed by atoms with Crippen molar-refractivity contribution < 1.29 is 0 Å². The van der Waals surface area contributed by atoms with Gasteiger partial charge < -0.3 is 4.40 Å². The molecule has 0 radical (unpaired) electrons. The molecule has 2 rings (SSSR count). The van der Waals surface area contributed by atoms with Crippen molar-refractivity contribution in [2.24, 2.45) is 5.41 Å². The minimum atomic E-state index is 0.338. The van der Waals surface area contributed by atoms with E-state index in [1.807, 2.05) is 18.5 Å². The quantitative estimate of drug-likeness (QED) is 0.672. The zero-order valence-electron chi connectivity index (χ0n) is 8.99. The van der Waals surface area contributed by atoms with Crippen LogP contribution in [-0.2, 0) is 6.42 Å². The molecular weight excluding hydrogens is 172 g/mol. The third kappa shape index (κ3) is 1.95. The first-order valence-corrected chi connectivity index (χ1v) is 4.96. The van der Waals surface area contributed by atoms with E-state index in [-0.39, 0.29) is 0 Å². The molecule has 74 valence electrons. The van der Waals surface area contributed by atoms with Crippen molar-refractivity contribution >= 4 is 5.65 Å². The van der Waals surface area contributed by atoms with Crippen LogP contribution in [0.2, 0.25) is 0 Å². The largest absolute Gasteiger partial charge is 0.308 e. The van der Waals surface area contributed by atoms with E-state index in [1.165, 1.54) is 5.56 Å². The fraction of sp³-hybridized carbons (Fsp3) is 0.417. The van der Waals surface area contributed by atoms with Gasteiger partial charge in [0.05, 0.1) is 0 Å². The average molecular weight is 188 g/mol. The summed E-state index contributed by atoms with van der Waals surface area (Å²) in [5.74, 6) is 0. The molecule has 0 N–H and O–H groups in total. The predicted molar refractivity (Wildman–Crippen MR) is 58.4 cm³/mol. The lowest BCUT2D eigenvalue weighted by Crippen LogP contribution is -2.08. The Balaban J connectivity index is 2.36. The van der Waals surface area contributed by atoms with Gasteiger partial charge in [0.1, 0.15) is 5.65 Å². The molecule has 14 heavy (non-hydrogen) atoms. The lowest BCUT2D eigenvalue weighted by Gasteiger charge is -2.16. The molecular formula is C12H16N2. The summed E-state index contributed by atoms with van der Waals surface area (Å²) in [5.41, 5.74) is 2.73. The van der Waals surface area contributed by atoms with Gasteiger partial charge in [-0.2, -0.15) is 0 Å². The molecule has 0 aliphatic carbocycles. The molecule has 0 atom stereocenters. The number of nitrogens with zero attached hydrogens (tertiary/aromatic N) is 2. The first-order chi connectivity index (χ1) is 6.54. The van der Waals surface area contributed by atoms with Gasteiger partial charge in [0.25, 0.3) is 0 Å². The molecule has 0 saturated carbocycles. The first kappa shape index (κ1) is 9.25. The zero-order valence-corrected chi connectivity index (χ0v) is 8.99. The molecule has 0 fully saturated rings. The highest BCUT2D eigenvalue weighted by Gasteiger charge is 2.12. The standard InChI is InChI=1S/C12H16N2/c1-12(2,3)8-10-7-11-13-5-4-6-14(11)9-10/h4-7,9H,8H2,1-3H3. The highest BCUT2D eigenvalue weighted by atomic mass is 14.9. The van der Waals surface area contributed by atoms with Crippen molar-refractivity contribution in [1.29, 1.82) is 0 Å². The van der Waals surface area contributed by atoms with Gasteiger partial charge in [-0.15, -0.1) is 0 Å². The van der Waals surface area contributed by atoms with Gasteiger partial charge in [-0.05, 0) is 29.5 Å². The zero-order chi connectivity index (χ0) is 10.2. The topological polar surface area (TPSA) is 17.3 Å². The maximum Gasteiger partial charge on any atom is 0.136 e. The maximum atomic E-state index is 4.29. The van der Waals surface area contributed by atoms with Crippen LogP contribution in [0.3, 0.4) is 0 Å². The molecule has 0 aliphatic rings. The second-order valence-corrected chi connectivity index (χ2v) is 4.97. The number of rotatable bonds is 1. The summed E-state index contributed by atoms with van der Waals surface area (Å²) in [4.78, 5) is 4.29. The average Bonchev–Trinajstić information content (AvgIpc) is 2.42. The smallest absolute Gasteiger partial charge is 0.136 e. The summed E-state index contributed by atoms with van der Waals surface area (Å²) in [7, 11) is 0. The molecule has 0 unspecified atom stereocenters. The summed E-state index contributed by atoms with van der Waals surface area (Å²) in [6.07, 6.45) is 7.12. The fourth-order valence-corrected chi connectivity index (χ4v) is 1.71. The number of fused-ring (bicyclic) bond motifs is 1. The SMILES string of the molecule is CC(C)(C)Cc1cc2ncccn2c1. The van der Waals surface area contributed by atoms with Crippen molar-refractivity contribution in [2.75, 3.05) is 0 Å². The second-order valence-electron chi connectivity index (χ2n) is 4.97. The Bertz CT molecular complexity index is 402. The molecule has 0 amide bonds. The Morgan fingerprint density at radius 1 is 1.36 bits per heavy atom. The summed E-state index contributed by atoms with van der Waals surface area (Å²) in [5, 5.41) is 0. The van der Waals surface area contributed by atoms with Crippen LogP contribution in [0.1, 0.15) is 26.3 Å². The van der Waals surface area contributed by atoms with Crippen LogP contribution < -0.4 is 0 Å². The van der Waals surface area contributed by atoms with Crippen LogP contribution in [0.5, 0.6) is 0 Å². The van der Waals surface area contributed by atoms with Gasteiger partial charge in [-0.25, -0.2) is 4.98 Å². The van der Waals surface area contributed by atoms with E-state index in [9.17, 15) is 0 Å². The van der Waals surface area contributed by atoms with Crippen molar-refractivity contribution in [3.8, 4) is 0 Å². The maximum absolute atomic E-state index is 4.29. The van der Waals surface area contributed by atoms with Crippen LogP contribution in [0.15, 0.2) is 30.7 Å². The Labute approximate surface area is 84.6 Å². The molecule has 0 saturated heterocycles. The van der Waals surface area contributed by atoms with E-state index in [0.29, 0.717) is 5.41 Å². The van der Waals surface area contributed by atoms with Crippen molar-refractivity contribution in [3.05, 3.63) is 36.3 Å². The monoisotopic (exact) mass is 188 g/mol. The molecule has 2 heteroatoms. The van der Waals surface area contributed by atoms with Gasteiger partial charge in [-0.1, -0.05) is 20.8 Å². The predicted octanol–water partition coefficient (Wildman–Crippen LogP) is 2.92. The summed E-state index contributed by atoms with van der Waals surface area (Å²) >= 11 is 0. The van der Waals surface area contributed by atoms with Crippen LogP contribution in [0.25, 0.3) is 5.65 Å². The van der Waals surface area contributed by atoms with E-state index in [4.69, 9.17) is 0 Å². The summed E-state index contributed by atoms with van der Waals surface area (Å²) in [6, 6.07) is 4.11. The normalized spacial score (nSPS) is 12.2. The molecule has 2 aromatic rings. The first-order valence-electron chi connectivity index (χ1n) is 4.96. The number of hydrogen-bond acceptors (Lipinski definition) is 1. The van der Waals surface area contributed by atoms with Gasteiger partial charge in [0.2, 0.25) is 0 Å². The van der Waals surface area contributed by atoms with Crippen molar-refractivity contribution in [3.63, 3.8) is 0 Å². The molecule has 0 aliphatic heterocycles. The van der Waals surface area contributed by atoms with Gasteiger partial charge >= 0.3 is 0 Å². The summed E-state index contributed by atoms with van der Waals surface area (Å²) < 4.78 is 2.07. The molecule has 2 aromatic heterocycles. The minimum Gasteiger partial charge on any atom is -0.308 e. The molecule has 0 spiro atoms. The van der Waals surface area contributed by atoms with Crippen LogP contribution in [-0.4, -0.2) is 9.38 Å². The summed E-state index contributed by atoms with van der Waals surface area (Å²) in [6.45, 7) is 6.76. The van der Waals surface area contributed by atoms with Gasteiger partial charge in [0.15, 0.2) is 0 Å². The third-order valence-corrected chi connectivity index (χ3v) is 2.16. The molecule has 2 heterocycles. The van der Waals surface area contributed by atoms with Gasteiger partial charge in [-0.3, -0.25) is 0 Å². The second kappa shape index (κ2) is 3.12. The lowest BCUT2D eigenvalue weighted by atomic mass is 9.89. The highest BCUT2D eigenvalue weighted by molar-refractivity contribution is 5.42. The molecule has 2 nitrogen and oxygen atoms in total. The Morgan fingerprint density at radius 3 is 2.79 bits per heavy atom. The number of hydrogen-bond donors (Lipinski definition) is 0. The molecule has 0 aromatic carbocycles. The van der Waals surface area contributed by atoms with E-state index < -0.39 is 0 Å². The Kier molecular flexibility index (Phi) is 2.06. The highest BCUT2D eigenvalue weighted by Crippen LogP contribution is 2.21. The van der Waals surface area contributed by atoms with Crippen LogP contribution in [0.4, 0.5) is 0 Å². The minimum absolute atomic E-state index is 0.338. The number of aromatic nitrogens is 2. The van der Waals surface area contributed by atoms with Crippen molar-refractivity contribution in [2.45, 2.75) is 27.2 Å². The van der Waals surface area contributed by atoms with E-state index >= 15 is 0 Å².